The molecule has 0 unspecified atom stereocenters. The number of hydrogen-bond acceptors (Lipinski definition) is 4. The molecule has 3 rings (SSSR count). The predicted molar refractivity (Wildman–Crippen MR) is 98.8 cm³/mol. The lowest BCUT2D eigenvalue weighted by Gasteiger charge is -2.21. The van der Waals surface area contributed by atoms with E-state index in [0.29, 0.717) is 16.9 Å². The van der Waals surface area contributed by atoms with Gasteiger partial charge >= 0.3 is 0 Å². The molecule has 1 aromatic heterocycles. The van der Waals surface area contributed by atoms with Crippen LogP contribution in [0.2, 0.25) is 0 Å². The van der Waals surface area contributed by atoms with E-state index in [1.165, 1.54) is 6.92 Å². The van der Waals surface area contributed by atoms with Crippen LogP contribution < -0.4 is 11.1 Å². The molecule has 0 spiro atoms. The number of nitrogens with zero attached hydrogens (tertiary/aromatic N) is 2. The third-order valence-electron chi connectivity index (χ3n) is 4.38. The van der Waals surface area contributed by atoms with Crippen molar-refractivity contribution in [2.45, 2.75) is 32.1 Å². The summed E-state index contributed by atoms with van der Waals surface area (Å²) in [6, 6.07) is 11.6. The Morgan fingerprint density at radius 2 is 2.20 bits per heavy atom. The van der Waals surface area contributed by atoms with Gasteiger partial charge < -0.3 is 11.1 Å². The molecule has 5 heteroatoms. The SMILES string of the molecule is CC(=O)Nc1cccc(-c2cc([C@@H]3CC=CCC3)c(C#N)c(N)n2)c1. The summed E-state index contributed by atoms with van der Waals surface area (Å²) in [6.45, 7) is 1.47. The lowest BCUT2D eigenvalue weighted by molar-refractivity contribution is -0.114. The number of aromatic nitrogens is 1. The fraction of sp³-hybridized carbons (Fsp3) is 0.250. The monoisotopic (exact) mass is 332 g/mol. The second kappa shape index (κ2) is 7.18. The van der Waals surface area contributed by atoms with Gasteiger partial charge in [0.1, 0.15) is 11.9 Å². The van der Waals surface area contributed by atoms with Crippen LogP contribution in [-0.4, -0.2) is 10.9 Å². The van der Waals surface area contributed by atoms with Gasteiger partial charge in [0.05, 0.1) is 11.3 Å². The highest BCUT2D eigenvalue weighted by molar-refractivity contribution is 5.89. The van der Waals surface area contributed by atoms with E-state index in [-0.39, 0.29) is 17.6 Å². The van der Waals surface area contributed by atoms with Crippen molar-refractivity contribution in [1.82, 2.24) is 4.98 Å². The maximum Gasteiger partial charge on any atom is 0.221 e. The molecule has 1 aliphatic rings. The quantitative estimate of drug-likeness (QED) is 0.831. The van der Waals surface area contributed by atoms with E-state index in [2.05, 4.69) is 28.5 Å². The number of pyridine rings is 1. The molecule has 0 fully saturated rings. The van der Waals surface area contributed by atoms with Crippen LogP contribution in [0.15, 0.2) is 42.5 Å². The van der Waals surface area contributed by atoms with E-state index in [1.54, 1.807) is 0 Å². The van der Waals surface area contributed by atoms with Crippen LogP contribution in [0.3, 0.4) is 0 Å². The van der Waals surface area contributed by atoms with Crippen molar-refractivity contribution >= 4 is 17.4 Å². The van der Waals surface area contributed by atoms with Crippen LogP contribution in [0.25, 0.3) is 11.3 Å². The van der Waals surface area contributed by atoms with Crippen molar-refractivity contribution in [3.8, 4) is 17.3 Å². The summed E-state index contributed by atoms with van der Waals surface area (Å²) >= 11 is 0. The number of hydrogen-bond donors (Lipinski definition) is 2. The molecule has 25 heavy (non-hydrogen) atoms. The summed E-state index contributed by atoms with van der Waals surface area (Å²) in [4.78, 5) is 15.7. The van der Waals surface area contributed by atoms with Gasteiger partial charge in [-0.3, -0.25) is 4.79 Å². The molecular formula is C20H20N4O. The molecule has 0 aliphatic heterocycles. The van der Waals surface area contributed by atoms with Crippen LogP contribution in [0.4, 0.5) is 11.5 Å². The lowest BCUT2D eigenvalue weighted by Crippen LogP contribution is -2.08. The number of nitrogens with one attached hydrogen (secondary N) is 1. The number of carbonyl (C=O) groups is 1. The number of nitrogen functional groups attached to an aromatic ring is 1. The summed E-state index contributed by atoms with van der Waals surface area (Å²) in [5.74, 6) is 0.413. The standard InChI is InChI=1S/C20H20N4O/c1-13(25)23-16-9-5-8-15(10-16)19-11-17(14-6-3-2-4-7-14)18(12-21)20(22)24-19/h2-3,5,8-11,14H,4,6-7H2,1H3,(H2,22,24)(H,23,25)/t14-/m1/s1. The van der Waals surface area contributed by atoms with E-state index in [0.717, 1.165) is 30.4 Å². The summed E-state index contributed by atoms with van der Waals surface area (Å²) in [5.41, 5.74) is 9.78. The fourth-order valence-corrected chi connectivity index (χ4v) is 3.21. The van der Waals surface area contributed by atoms with Crippen molar-refractivity contribution in [2.75, 3.05) is 11.1 Å². The summed E-state index contributed by atoms with van der Waals surface area (Å²) in [5, 5.41) is 12.3. The van der Waals surface area contributed by atoms with Crippen LogP contribution >= 0.6 is 0 Å². The number of carbonyl (C=O) groups excluding carboxylic acids is 1. The number of allylic oxidation sites excluding steroid dienone is 2. The Kier molecular flexibility index (Phi) is 4.80. The third kappa shape index (κ3) is 3.69. The Morgan fingerprint density at radius 1 is 1.36 bits per heavy atom. The van der Waals surface area contributed by atoms with E-state index < -0.39 is 0 Å². The Balaban J connectivity index is 2.05. The topological polar surface area (TPSA) is 91.8 Å². The van der Waals surface area contributed by atoms with Crippen LogP contribution in [-0.2, 0) is 4.79 Å². The van der Waals surface area contributed by atoms with E-state index in [4.69, 9.17) is 5.73 Å². The second-order valence-electron chi connectivity index (χ2n) is 6.21. The first-order valence-electron chi connectivity index (χ1n) is 8.32. The van der Waals surface area contributed by atoms with Gasteiger partial charge in [0.2, 0.25) is 5.91 Å². The molecule has 0 radical (unpaired) electrons. The molecule has 1 aliphatic carbocycles. The summed E-state index contributed by atoms with van der Waals surface area (Å²) < 4.78 is 0. The number of nitriles is 1. The lowest BCUT2D eigenvalue weighted by atomic mass is 9.85. The van der Waals surface area contributed by atoms with Crippen molar-refractivity contribution in [1.29, 1.82) is 5.26 Å². The number of amides is 1. The molecule has 2 aromatic rings. The normalized spacial score (nSPS) is 16.2. The van der Waals surface area contributed by atoms with Gasteiger partial charge in [0.15, 0.2) is 0 Å². The zero-order valence-corrected chi connectivity index (χ0v) is 14.1. The second-order valence-corrected chi connectivity index (χ2v) is 6.21. The first-order valence-corrected chi connectivity index (χ1v) is 8.32. The first-order chi connectivity index (χ1) is 12.1. The molecule has 0 bridgehead atoms. The molecule has 3 N–H and O–H groups in total. The number of benzene rings is 1. The predicted octanol–water partition coefficient (Wildman–Crippen LogP) is 3.98. The largest absolute Gasteiger partial charge is 0.383 e. The number of rotatable bonds is 3. The molecule has 5 nitrogen and oxygen atoms in total. The van der Waals surface area contributed by atoms with Gasteiger partial charge in [-0.25, -0.2) is 4.98 Å². The van der Waals surface area contributed by atoms with E-state index in [1.807, 2.05) is 30.3 Å². The third-order valence-corrected chi connectivity index (χ3v) is 4.38. The molecule has 1 aromatic carbocycles. The minimum atomic E-state index is -0.126. The Morgan fingerprint density at radius 3 is 2.88 bits per heavy atom. The van der Waals surface area contributed by atoms with Gasteiger partial charge in [-0.1, -0.05) is 24.3 Å². The maximum absolute atomic E-state index is 11.3. The van der Waals surface area contributed by atoms with Crippen LogP contribution in [0, 0.1) is 11.3 Å². The Bertz CT molecular complexity index is 880. The number of nitrogens with two attached hydrogens (primary N) is 1. The molecular weight excluding hydrogens is 312 g/mol. The van der Waals surface area contributed by atoms with Crippen LogP contribution in [0.5, 0.6) is 0 Å². The van der Waals surface area contributed by atoms with Crippen molar-refractivity contribution in [2.24, 2.45) is 0 Å². The number of anilines is 2. The van der Waals surface area contributed by atoms with Gasteiger partial charge in [-0.15, -0.1) is 0 Å². The van der Waals surface area contributed by atoms with Crippen molar-refractivity contribution < 1.29 is 4.79 Å². The molecule has 126 valence electrons. The maximum atomic E-state index is 11.3. The van der Waals surface area contributed by atoms with E-state index in [9.17, 15) is 10.1 Å². The van der Waals surface area contributed by atoms with Crippen molar-refractivity contribution in [3.63, 3.8) is 0 Å². The molecule has 0 saturated carbocycles. The molecule has 1 amide bonds. The summed E-state index contributed by atoms with van der Waals surface area (Å²) in [6.07, 6.45) is 7.24. The zero-order chi connectivity index (χ0) is 17.8. The van der Waals surface area contributed by atoms with Crippen LogP contribution in [0.1, 0.15) is 43.2 Å². The van der Waals surface area contributed by atoms with Gasteiger partial charge in [0, 0.05) is 18.2 Å². The highest BCUT2D eigenvalue weighted by Crippen LogP contribution is 2.35. The van der Waals surface area contributed by atoms with Crippen molar-refractivity contribution in [3.05, 3.63) is 53.6 Å². The fourth-order valence-electron chi connectivity index (χ4n) is 3.21. The average molecular weight is 332 g/mol. The highest BCUT2D eigenvalue weighted by Gasteiger charge is 2.20. The van der Waals surface area contributed by atoms with Gasteiger partial charge in [-0.05, 0) is 48.9 Å². The van der Waals surface area contributed by atoms with Gasteiger partial charge in [-0.2, -0.15) is 5.26 Å². The Labute approximate surface area is 147 Å². The minimum absolute atomic E-state index is 0.126. The van der Waals surface area contributed by atoms with E-state index >= 15 is 0 Å². The molecule has 0 saturated heterocycles. The first kappa shape index (κ1) is 16.7. The minimum Gasteiger partial charge on any atom is -0.383 e. The average Bonchev–Trinajstić information content (AvgIpc) is 2.61. The molecule has 1 atom stereocenters. The highest BCUT2D eigenvalue weighted by atomic mass is 16.1. The summed E-state index contributed by atoms with van der Waals surface area (Å²) in [7, 11) is 0. The Hall–Kier alpha value is -3.13. The smallest absolute Gasteiger partial charge is 0.221 e. The zero-order valence-electron chi connectivity index (χ0n) is 14.1. The molecule has 1 heterocycles. The van der Waals surface area contributed by atoms with Gasteiger partial charge in [0.25, 0.3) is 0 Å².